The molecule has 3 N–H and O–H groups in total. The fourth-order valence-electron chi connectivity index (χ4n) is 1.33. The van der Waals surface area contributed by atoms with Crippen molar-refractivity contribution < 1.29 is 24.2 Å². The first-order valence-electron chi connectivity index (χ1n) is 6.66. The van der Waals surface area contributed by atoms with E-state index >= 15 is 0 Å². The van der Waals surface area contributed by atoms with Crippen molar-refractivity contribution in [2.75, 3.05) is 13.1 Å². The second kappa shape index (κ2) is 9.17. The summed E-state index contributed by atoms with van der Waals surface area (Å²) in [6.07, 6.45) is 0.872. The van der Waals surface area contributed by atoms with Crippen LogP contribution < -0.4 is 10.6 Å². The van der Waals surface area contributed by atoms with Gasteiger partial charge in [0.25, 0.3) is 0 Å². The predicted octanol–water partition coefficient (Wildman–Crippen LogP) is 1.27. The summed E-state index contributed by atoms with van der Waals surface area (Å²) >= 11 is 0. The molecule has 0 fully saturated rings. The van der Waals surface area contributed by atoms with Gasteiger partial charge in [0.2, 0.25) is 5.91 Å². The predicted molar refractivity (Wildman–Crippen MR) is 73.4 cm³/mol. The third-order valence-corrected chi connectivity index (χ3v) is 2.16. The van der Waals surface area contributed by atoms with Gasteiger partial charge in [0.05, 0.1) is 0 Å². The highest BCUT2D eigenvalue weighted by molar-refractivity contribution is 5.76. The van der Waals surface area contributed by atoms with Gasteiger partial charge in [-0.05, 0) is 33.6 Å². The number of nitrogens with one attached hydrogen (secondary N) is 2. The van der Waals surface area contributed by atoms with Crippen LogP contribution in [-0.2, 0) is 14.3 Å². The largest absolute Gasteiger partial charge is 0.481 e. The zero-order chi connectivity index (χ0) is 15.6. The average molecular weight is 288 g/mol. The molecule has 7 nitrogen and oxygen atoms in total. The summed E-state index contributed by atoms with van der Waals surface area (Å²) in [4.78, 5) is 32.9. The van der Waals surface area contributed by atoms with Crippen molar-refractivity contribution in [1.29, 1.82) is 0 Å². The van der Waals surface area contributed by atoms with Gasteiger partial charge < -0.3 is 20.5 Å². The molecule has 0 aliphatic rings. The van der Waals surface area contributed by atoms with E-state index in [2.05, 4.69) is 10.6 Å². The van der Waals surface area contributed by atoms with Gasteiger partial charge in [0.15, 0.2) is 0 Å². The zero-order valence-electron chi connectivity index (χ0n) is 12.3. The molecule has 2 amide bonds. The summed E-state index contributed by atoms with van der Waals surface area (Å²) in [7, 11) is 0. The average Bonchev–Trinajstić information content (AvgIpc) is 2.28. The molecule has 0 unspecified atom stereocenters. The smallest absolute Gasteiger partial charge is 0.407 e. The second-order valence-corrected chi connectivity index (χ2v) is 5.38. The van der Waals surface area contributed by atoms with Gasteiger partial charge >= 0.3 is 12.1 Å². The highest BCUT2D eigenvalue weighted by Gasteiger charge is 2.15. The van der Waals surface area contributed by atoms with Gasteiger partial charge in [-0.15, -0.1) is 0 Å². The molecule has 0 aromatic carbocycles. The monoisotopic (exact) mass is 288 g/mol. The Kier molecular flexibility index (Phi) is 8.35. The lowest BCUT2D eigenvalue weighted by molar-refractivity contribution is -0.137. The minimum atomic E-state index is -0.855. The first-order chi connectivity index (χ1) is 9.20. The van der Waals surface area contributed by atoms with Crippen LogP contribution in [0, 0.1) is 0 Å². The van der Waals surface area contributed by atoms with Crippen molar-refractivity contribution in [3.8, 4) is 0 Å². The summed E-state index contributed by atoms with van der Waals surface area (Å²) in [6.45, 7) is 5.91. The number of ether oxygens (including phenoxy) is 1. The molecular weight excluding hydrogens is 264 g/mol. The standard InChI is InChI=1S/C13H24N2O5/c1-13(2,3)20-12(19)15-9-8-14-10(16)6-4-5-7-11(17)18/h4-9H2,1-3H3,(H,14,16)(H,15,19)(H,17,18). The number of aliphatic carboxylic acids is 1. The Bertz CT molecular complexity index is 336. The lowest BCUT2D eigenvalue weighted by atomic mass is 10.2. The van der Waals surface area contributed by atoms with Crippen molar-refractivity contribution in [2.45, 2.75) is 52.1 Å². The van der Waals surface area contributed by atoms with Gasteiger partial charge in [-0.2, -0.15) is 0 Å². The van der Waals surface area contributed by atoms with E-state index in [4.69, 9.17) is 9.84 Å². The first kappa shape index (κ1) is 18.2. The Hall–Kier alpha value is -1.79. The minimum absolute atomic E-state index is 0.0769. The molecule has 116 valence electrons. The summed E-state index contributed by atoms with van der Waals surface area (Å²) in [5.74, 6) is -1.01. The molecule has 0 aliphatic heterocycles. The minimum Gasteiger partial charge on any atom is -0.481 e. The third kappa shape index (κ3) is 12.7. The number of amides is 2. The van der Waals surface area contributed by atoms with E-state index in [0.717, 1.165) is 0 Å². The lowest BCUT2D eigenvalue weighted by Gasteiger charge is -2.19. The zero-order valence-corrected chi connectivity index (χ0v) is 12.3. The van der Waals surface area contributed by atoms with E-state index in [1.165, 1.54) is 0 Å². The van der Waals surface area contributed by atoms with Crippen LogP contribution in [0.4, 0.5) is 4.79 Å². The van der Waals surface area contributed by atoms with Crippen LogP contribution in [0.3, 0.4) is 0 Å². The number of carboxylic acid groups (broad SMARTS) is 1. The number of hydrogen-bond donors (Lipinski definition) is 3. The van der Waals surface area contributed by atoms with Crippen LogP contribution in [0.5, 0.6) is 0 Å². The van der Waals surface area contributed by atoms with Crippen molar-refractivity contribution >= 4 is 18.0 Å². The van der Waals surface area contributed by atoms with Crippen LogP contribution in [0.2, 0.25) is 0 Å². The molecule has 0 aliphatic carbocycles. The topological polar surface area (TPSA) is 105 Å². The molecule has 0 aromatic heterocycles. The summed E-state index contributed by atoms with van der Waals surface area (Å²) in [6, 6.07) is 0. The number of carbonyl (C=O) groups excluding carboxylic acids is 2. The van der Waals surface area contributed by atoms with Crippen LogP contribution in [-0.4, -0.2) is 41.8 Å². The highest BCUT2D eigenvalue weighted by atomic mass is 16.6. The molecule has 7 heteroatoms. The number of alkyl carbamates (subject to hydrolysis) is 1. The Balaban J connectivity index is 3.52. The number of carbonyl (C=O) groups is 3. The fourth-order valence-corrected chi connectivity index (χ4v) is 1.33. The van der Waals surface area contributed by atoms with Gasteiger partial charge in [0.1, 0.15) is 5.60 Å². The van der Waals surface area contributed by atoms with Crippen LogP contribution in [0.1, 0.15) is 46.5 Å². The van der Waals surface area contributed by atoms with Gasteiger partial charge in [0, 0.05) is 25.9 Å². The Morgan fingerprint density at radius 1 is 1.00 bits per heavy atom. The van der Waals surface area contributed by atoms with E-state index in [9.17, 15) is 14.4 Å². The quantitative estimate of drug-likeness (QED) is 0.583. The molecule has 0 spiro atoms. The number of hydrogen-bond acceptors (Lipinski definition) is 4. The third-order valence-electron chi connectivity index (χ3n) is 2.16. The molecule has 0 aromatic rings. The van der Waals surface area contributed by atoms with Gasteiger partial charge in [-0.25, -0.2) is 4.79 Å². The molecule has 0 rings (SSSR count). The van der Waals surface area contributed by atoms with Gasteiger partial charge in [-0.3, -0.25) is 9.59 Å². The fraction of sp³-hybridized carbons (Fsp3) is 0.769. The highest BCUT2D eigenvalue weighted by Crippen LogP contribution is 2.06. The Labute approximate surface area is 119 Å². The molecule has 0 atom stereocenters. The first-order valence-corrected chi connectivity index (χ1v) is 6.66. The van der Waals surface area contributed by atoms with Crippen LogP contribution in [0.15, 0.2) is 0 Å². The molecule has 0 bridgehead atoms. The molecular formula is C13H24N2O5. The van der Waals surface area contributed by atoms with Crippen molar-refractivity contribution in [3.63, 3.8) is 0 Å². The van der Waals surface area contributed by atoms with E-state index in [0.29, 0.717) is 25.8 Å². The van der Waals surface area contributed by atoms with Crippen molar-refractivity contribution in [2.24, 2.45) is 0 Å². The maximum absolute atomic E-state index is 11.4. The lowest BCUT2D eigenvalue weighted by Crippen LogP contribution is -2.37. The maximum atomic E-state index is 11.4. The van der Waals surface area contributed by atoms with E-state index < -0.39 is 17.7 Å². The Morgan fingerprint density at radius 3 is 2.10 bits per heavy atom. The maximum Gasteiger partial charge on any atom is 0.407 e. The summed E-state index contributed by atoms with van der Waals surface area (Å²) in [5, 5.41) is 13.6. The molecule has 0 heterocycles. The van der Waals surface area contributed by atoms with E-state index in [1.54, 1.807) is 20.8 Å². The molecule has 0 saturated carbocycles. The van der Waals surface area contributed by atoms with E-state index in [-0.39, 0.29) is 18.9 Å². The molecule has 0 radical (unpaired) electrons. The van der Waals surface area contributed by atoms with Crippen LogP contribution in [0.25, 0.3) is 0 Å². The van der Waals surface area contributed by atoms with Gasteiger partial charge in [-0.1, -0.05) is 0 Å². The van der Waals surface area contributed by atoms with Crippen molar-refractivity contribution in [3.05, 3.63) is 0 Å². The Morgan fingerprint density at radius 2 is 1.55 bits per heavy atom. The number of carboxylic acids is 1. The summed E-state index contributed by atoms with van der Waals surface area (Å²) in [5.41, 5.74) is -0.544. The normalized spacial score (nSPS) is 10.8. The number of unbranched alkanes of at least 4 members (excludes halogenated alkanes) is 1. The van der Waals surface area contributed by atoms with Crippen LogP contribution >= 0.6 is 0 Å². The van der Waals surface area contributed by atoms with Crippen molar-refractivity contribution in [1.82, 2.24) is 10.6 Å². The second-order valence-electron chi connectivity index (χ2n) is 5.38. The summed E-state index contributed by atoms with van der Waals surface area (Å²) < 4.78 is 5.03. The van der Waals surface area contributed by atoms with E-state index in [1.807, 2.05) is 0 Å². The molecule has 0 saturated heterocycles. The SMILES string of the molecule is CC(C)(C)OC(=O)NCCNC(=O)CCCCC(=O)O. The molecule has 20 heavy (non-hydrogen) atoms. The number of rotatable bonds is 8.